The van der Waals surface area contributed by atoms with Gasteiger partial charge in [-0.3, -0.25) is 0 Å². The molecule has 0 aliphatic carbocycles. The molecule has 2 aromatic carbocycles. The summed E-state index contributed by atoms with van der Waals surface area (Å²) in [5.41, 5.74) is -0.0527. The van der Waals surface area contributed by atoms with Gasteiger partial charge in [-0.2, -0.15) is 0 Å². The molecule has 0 amide bonds. The lowest BCUT2D eigenvalue weighted by Crippen LogP contribution is -1.92. The SMILES string of the molecule is Oc1cc(F)ccc1-c1cc(F)c(F)c(F)c1. The largest absolute Gasteiger partial charge is 0.507 e. The maximum atomic E-state index is 13.0. The zero-order valence-electron chi connectivity index (χ0n) is 8.35. The highest BCUT2D eigenvalue weighted by Crippen LogP contribution is 2.31. The molecule has 2 rings (SSSR count). The van der Waals surface area contributed by atoms with Gasteiger partial charge in [0.25, 0.3) is 0 Å². The Labute approximate surface area is 93.9 Å². The molecule has 0 spiro atoms. The maximum absolute atomic E-state index is 13.0. The molecule has 0 saturated carbocycles. The number of phenolic OH excluding ortho intramolecular Hbond substituents is 1. The Morgan fingerprint density at radius 3 is 1.94 bits per heavy atom. The molecule has 0 unspecified atom stereocenters. The summed E-state index contributed by atoms with van der Waals surface area (Å²) in [5, 5.41) is 9.42. The molecule has 0 fully saturated rings. The third kappa shape index (κ3) is 2.08. The lowest BCUT2D eigenvalue weighted by Gasteiger charge is -2.06. The van der Waals surface area contributed by atoms with E-state index in [1.807, 2.05) is 0 Å². The minimum absolute atomic E-state index is 0.0178. The Morgan fingerprint density at radius 2 is 1.41 bits per heavy atom. The van der Waals surface area contributed by atoms with Crippen molar-refractivity contribution in [3.05, 3.63) is 53.6 Å². The summed E-state index contributed by atoms with van der Waals surface area (Å²) in [4.78, 5) is 0. The van der Waals surface area contributed by atoms with Crippen LogP contribution in [0.2, 0.25) is 0 Å². The van der Waals surface area contributed by atoms with E-state index in [-0.39, 0.29) is 11.1 Å². The number of phenols is 1. The molecular formula is C12H6F4O. The molecule has 0 radical (unpaired) electrons. The Balaban J connectivity index is 2.61. The smallest absolute Gasteiger partial charge is 0.194 e. The highest BCUT2D eigenvalue weighted by Gasteiger charge is 2.13. The first-order chi connectivity index (χ1) is 7.99. The van der Waals surface area contributed by atoms with Crippen LogP contribution in [0.25, 0.3) is 11.1 Å². The normalized spacial score (nSPS) is 10.6. The lowest BCUT2D eigenvalue weighted by molar-refractivity contribution is 0.447. The molecular weight excluding hydrogens is 236 g/mol. The number of benzene rings is 2. The van der Waals surface area contributed by atoms with Gasteiger partial charge in [0.2, 0.25) is 0 Å². The fourth-order valence-electron chi connectivity index (χ4n) is 1.46. The number of rotatable bonds is 1. The monoisotopic (exact) mass is 242 g/mol. The predicted molar refractivity (Wildman–Crippen MR) is 53.4 cm³/mol. The molecule has 0 bridgehead atoms. The molecule has 0 aliphatic rings. The first-order valence-corrected chi connectivity index (χ1v) is 4.62. The highest BCUT2D eigenvalue weighted by atomic mass is 19.2. The Kier molecular flexibility index (Phi) is 2.75. The van der Waals surface area contributed by atoms with E-state index in [1.165, 1.54) is 0 Å². The third-order valence-corrected chi connectivity index (χ3v) is 2.25. The molecule has 1 N–H and O–H groups in total. The summed E-state index contributed by atoms with van der Waals surface area (Å²) in [6.45, 7) is 0. The molecule has 5 heteroatoms. The van der Waals surface area contributed by atoms with Gasteiger partial charge in [0.1, 0.15) is 11.6 Å². The second-order valence-corrected chi connectivity index (χ2v) is 3.42. The molecule has 0 aromatic heterocycles. The van der Waals surface area contributed by atoms with E-state index in [9.17, 15) is 22.7 Å². The number of hydrogen-bond donors (Lipinski definition) is 1. The van der Waals surface area contributed by atoms with Gasteiger partial charge in [0.05, 0.1) is 0 Å². The van der Waals surface area contributed by atoms with E-state index in [0.29, 0.717) is 0 Å². The summed E-state index contributed by atoms with van der Waals surface area (Å²) in [7, 11) is 0. The maximum Gasteiger partial charge on any atom is 0.194 e. The van der Waals surface area contributed by atoms with Crippen molar-refractivity contribution in [2.45, 2.75) is 0 Å². The summed E-state index contributed by atoms with van der Waals surface area (Å²) < 4.78 is 51.4. The Bertz CT molecular complexity index is 558. The van der Waals surface area contributed by atoms with Crippen LogP contribution in [-0.2, 0) is 0 Å². The number of aromatic hydroxyl groups is 1. The van der Waals surface area contributed by atoms with Gasteiger partial charge in [-0.05, 0) is 29.8 Å². The second-order valence-electron chi connectivity index (χ2n) is 3.42. The van der Waals surface area contributed by atoms with Crippen LogP contribution in [-0.4, -0.2) is 5.11 Å². The fourth-order valence-corrected chi connectivity index (χ4v) is 1.46. The van der Waals surface area contributed by atoms with Gasteiger partial charge in [-0.1, -0.05) is 0 Å². The van der Waals surface area contributed by atoms with Crippen molar-refractivity contribution in [2.24, 2.45) is 0 Å². The zero-order valence-corrected chi connectivity index (χ0v) is 8.35. The van der Waals surface area contributed by atoms with E-state index < -0.39 is 29.0 Å². The van der Waals surface area contributed by atoms with Crippen molar-refractivity contribution in [3.63, 3.8) is 0 Å². The van der Waals surface area contributed by atoms with Crippen LogP contribution in [0.15, 0.2) is 30.3 Å². The van der Waals surface area contributed by atoms with Crippen molar-refractivity contribution in [2.75, 3.05) is 0 Å². The molecule has 0 saturated heterocycles. The van der Waals surface area contributed by atoms with Gasteiger partial charge < -0.3 is 5.11 Å². The van der Waals surface area contributed by atoms with E-state index >= 15 is 0 Å². The third-order valence-electron chi connectivity index (χ3n) is 2.25. The molecule has 0 heterocycles. The molecule has 17 heavy (non-hydrogen) atoms. The van der Waals surface area contributed by atoms with Crippen molar-refractivity contribution >= 4 is 0 Å². The topological polar surface area (TPSA) is 20.2 Å². The molecule has 0 atom stereocenters. The van der Waals surface area contributed by atoms with Crippen LogP contribution >= 0.6 is 0 Å². The van der Waals surface area contributed by atoms with Crippen molar-refractivity contribution in [1.82, 2.24) is 0 Å². The van der Waals surface area contributed by atoms with Gasteiger partial charge in [-0.25, -0.2) is 17.6 Å². The molecule has 2 aromatic rings. The molecule has 0 aliphatic heterocycles. The van der Waals surface area contributed by atoms with Crippen LogP contribution in [0.5, 0.6) is 5.75 Å². The average Bonchev–Trinajstić information content (AvgIpc) is 2.25. The van der Waals surface area contributed by atoms with Crippen LogP contribution in [0.1, 0.15) is 0 Å². The van der Waals surface area contributed by atoms with E-state index in [2.05, 4.69) is 0 Å². The van der Waals surface area contributed by atoms with Crippen molar-refractivity contribution in [1.29, 1.82) is 0 Å². The van der Waals surface area contributed by atoms with E-state index in [4.69, 9.17) is 0 Å². The summed E-state index contributed by atoms with van der Waals surface area (Å²) in [5.74, 6) is -5.49. The van der Waals surface area contributed by atoms with Gasteiger partial charge >= 0.3 is 0 Å². The lowest BCUT2D eigenvalue weighted by atomic mass is 10.0. The fraction of sp³-hybridized carbons (Fsp3) is 0. The quantitative estimate of drug-likeness (QED) is 0.598. The molecule has 1 nitrogen and oxygen atoms in total. The Hall–Kier alpha value is -2.04. The van der Waals surface area contributed by atoms with Crippen molar-refractivity contribution < 1.29 is 22.7 Å². The number of halogens is 4. The first-order valence-electron chi connectivity index (χ1n) is 4.62. The average molecular weight is 242 g/mol. The predicted octanol–water partition coefficient (Wildman–Crippen LogP) is 3.62. The summed E-state index contributed by atoms with van der Waals surface area (Å²) in [6, 6.07) is 4.43. The van der Waals surface area contributed by atoms with Gasteiger partial charge in [-0.15, -0.1) is 0 Å². The standard InChI is InChI=1S/C12H6F4O/c13-7-1-2-8(11(17)5-7)6-3-9(14)12(16)10(15)4-6/h1-5,17H. The highest BCUT2D eigenvalue weighted by molar-refractivity contribution is 5.70. The summed E-state index contributed by atoms with van der Waals surface area (Å²) in [6.07, 6.45) is 0. The summed E-state index contributed by atoms with van der Waals surface area (Å²) >= 11 is 0. The first kappa shape index (κ1) is 11.4. The van der Waals surface area contributed by atoms with Crippen molar-refractivity contribution in [3.8, 4) is 16.9 Å². The van der Waals surface area contributed by atoms with E-state index in [0.717, 1.165) is 30.3 Å². The second kappa shape index (κ2) is 4.08. The minimum atomic E-state index is -1.59. The zero-order chi connectivity index (χ0) is 12.6. The van der Waals surface area contributed by atoms with Crippen LogP contribution in [0, 0.1) is 23.3 Å². The van der Waals surface area contributed by atoms with Gasteiger partial charge in [0.15, 0.2) is 17.5 Å². The minimum Gasteiger partial charge on any atom is -0.507 e. The van der Waals surface area contributed by atoms with Crippen LogP contribution in [0.4, 0.5) is 17.6 Å². The molecule has 88 valence electrons. The van der Waals surface area contributed by atoms with Gasteiger partial charge in [0, 0.05) is 11.6 Å². The van der Waals surface area contributed by atoms with E-state index in [1.54, 1.807) is 0 Å². The Morgan fingerprint density at radius 1 is 0.824 bits per heavy atom. The van der Waals surface area contributed by atoms with Crippen LogP contribution < -0.4 is 0 Å². The van der Waals surface area contributed by atoms with Crippen LogP contribution in [0.3, 0.4) is 0 Å². The number of hydrogen-bond acceptors (Lipinski definition) is 1.